The lowest BCUT2D eigenvalue weighted by Crippen LogP contribution is -2.26. The normalized spacial score (nSPS) is 10.1. The van der Waals surface area contributed by atoms with Crippen LogP contribution in [0.25, 0.3) is 0 Å². The molecule has 0 unspecified atom stereocenters. The van der Waals surface area contributed by atoms with Crippen molar-refractivity contribution >= 4 is 11.9 Å². The Kier molecular flexibility index (Phi) is 6.43. The molecule has 2 aromatic rings. The third-order valence-corrected chi connectivity index (χ3v) is 3.85. The van der Waals surface area contributed by atoms with Crippen LogP contribution in [0.5, 0.6) is 17.2 Å². The minimum absolute atomic E-state index is 0.229. The Bertz CT molecular complexity index is 785. The molecule has 7 nitrogen and oxygen atoms in total. The van der Waals surface area contributed by atoms with Crippen molar-refractivity contribution in [2.75, 3.05) is 27.9 Å². The summed E-state index contributed by atoms with van der Waals surface area (Å²) in [6.07, 6.45) is 0.571. The number of methoxy groups -OCH3 is 3. The predicted molar refractivity (Wildman–Crippen MR) is 95.5 cm³/mol. The van der Waals surface area contributed by atoms with Gasteiger partial charge in [0.15, 0.2) is 11.5 Å². The molecule has 2 rings (SSSR count). The Morgan fingerprint density at radius 3 is 2.04 bits per heavy atom. The molecule has 0 saturated carbocycles. The molecular weight excluding hydrogens is 338 g/mol. The largest absolute Gasteiger partial charge is 0.496 e. The van der Waals surface area contributed by atoms with Gasteiger partial charge in [-0.05, 0) is 24.1 Å². The van der Waals surface area contributed by atoms with Crippen molar-refractivity contribution in [1.82, 2.24) is 5.32 Å². The zero-order valence-corrected chi connectivity index (χ0v) is 14.9. The van der Waals surface area contributed by atoms with E-state index in [0.29, 0.717) is 35.8 Å². The van der Waals surface area contributed by atoms with E-state index in [0.717, 1.165) is 5.56 Å². The molecule has 2 aromatic carbocycles. The number of hydrogen-bond acceptors (Lipinski definition) is 5. The van der Waals surface area contributed by atoms with Crippen molar-refractivity contribution in [3.63, 3.8) is 0 Å². The number of carboxylic acids is 1. The second kappa shape index (κ2) is 8.75. The van der Waals surface area contributed by atoms with E-state index >= 15 is 0 Å². The van der Waals surface area contributed by atoms with Gasteiger partial charge in [0.1, 0.15) is 5.75 Å². The standard InChI is InChI=1S/C19H21NO6/c1-24-15-11-17(26-3)16(25-2)10-14(15)18(21)20-9-8-12-4-6-13(7-5-12)19(22)23/h4-7,10-11H,8-9H2,1-3H3,(H,20,21)(H,22,23). The van der Waals surface area contributed by atoms with Gasteiger partial charge in [0.05, 0.1) is 32.5 Å². The number of carbonyl (C=O) groups is 2. The molecule has 0 radical (unpaired) electrons. The van der Waals surface area contributed by atoms with Gasteiger partial charge in [-0.25, -0.2) is 4.79 Å². The first kappa shape index (κ1) is 19.1. The Morgan fingerprint density at radius 2 is 1.50 bits per heavy atom. The van der Waals surface area contributed by atoms with E-state index < -0.39 is 5.97 Å². The average Bonchev–Trinajstić information content (AvgIpc) is 2.67. The highest BCUT2D eigenvalue weighted by molar-refractivity contribution is 5.97. The highest BCUT2D eigenvalue weighted by Crippen LogP contribution is 2.34. The van der Waals surface area contributed by atoms with Gasteiger partial charge in [-0.3, -0.25) is 4.79 Å². The molecule has 0 aromatic heterocycles. The van der Waals surface area contributed by atoms with E-state index in [1.54, 1.807) is 24.3 Å². The number of carbonyl (C=O) groups excluding carboxylic acids is 1. The van der Waals surface area contributed by atoms with Crippen LogP contribution in [-0.2, 0) is 6.42 Å². The van der Waals surface area contributed by atoms with Crippen molar-refractivity contribution in [3.8, 4) is 17.2 Å². The Morgan fingerprint density at radius 1 is 0.923 bits per heavy atom. The number of carboxylic acid groups (broad SMARTS) is 1. The van der Waals surface area contributed by atoms with E-state index in [2.05, 4.69) is 5.32 Å². The fraction of sp³-hybridized carbons (Fsp3) is 0.263. The maximum Gasteiger partial charge on any atom is 0.335 e. The summed E-state index contributed by atoms with van der Waals surface area (Å²) in [7, 11) is 4.47. The zero-order valence-electron chi connectivity index (χ0n) is 14.9. The molecule has 138 valence electrons. The summed E-state index contributed by atoms with van der Waals surface area (Å²) in [4.78, 5) is 23.3. The van der Waals surface area contributed by atoms with Gasteiger partial charge in [0.2, 0.25) is 0 Å². The molecule has 1 amide bonds. The highest BCUT2D eigenvalue weighted by Gasteiger charge is 2.17. The molecule has 0 spiro atoms. The summed E-state index contributed by atoms with van der Waals surface area (Å²) in [5, 5.41) is 11.7. The van der Waals surface area contributed by atoms with E-state index in [1.807, 2.05) is 0 Å². The van der Waals surface area contributed by atoms with Gasteiger partial charge in [0.25, 0.3) is 5.91 Å². The molecule has 2 N–H and O–H groups in total. The summed E-state index contributed by atoms with van der Waals surface area (Å²) in [5.41, 5.74) is 1.49. The first-order valence-corrected chi connectivity index (χ1v) is 7.90. The first-order valence-electron chi connectivity index (χ1n) is 7.90. The summed E-state index contributed by atoms with van der Waals surface area (Å²) in [6.45, 7) is 0.392. The van der Waals surface area contributed by atoms with Crippen molar-refractivity contribution in [2.24, 2.45) is 0 Å². The third kappa shape index (κ3) is 4.44. The van der Waals surface area contributed by atoms with Gasteiger partial charge in [-0.1, -0.05) is 12.1 Å². The predicted octanol–water partition coefficient (Wildman–Crippen LogP) is 2.38. The lowest BCUT2D eigenvalue weighted by atomic mass is 10.1. The van der Waals surface area contributed by atoms with Crippen molar-refractivity contribution in [3.05, 3.63) is 53.1 Å². The molecule has 0 atom stereocenters. The Hall–Kier alpha value is -3.22. The Labute approximate surface area is 151 Å². The van der Waals surface area contributed by atoms with Crippen molar-refractivity contribution < 1.29 is 28.9 Å². The monoisotopic (exact) mass is 359 g/mol. The quantitative estimate of drug-likeness (QED) is 0.752. The van der Waals surface area contributed by atoms with E-state index in [4.69, 9.17) is 19.3 Å². The van der Waals surface area contributed by atoms with Gasteiger partial charge in [0, 0.05) is 18.7 Å². The lowest BCUT2D eigenvalue weighted by molar-refractivity contribution is 0.0696. The molecule has 0 heterocycles. The summed E-state index contributed by atoms with van der Waals surface area (Å²) < 4.78 is 15.7. The second-order valence-corrected chi connectivity index (χ2v) is 5.42. The molecule has 7 heteroatoms. The molecule has 26 heavy (non-hydrogen) atoms. The molecule has 0 saturated heterocycles. The van der Waals surface area contributed by atoms with Gasteiger partial charge >= 0.3 is 5.97 Å². The van der Waals surface area contributed by atoms with E-state index in [9.17, 15) is 9.59 Å². The second-order valence-electron chi connectivity index (χ2n) is 5.42. The summed E-state index contributed by atoms with van der Waals surface area (Å²) in [6, 6.07) is 9.69. The Balaban J connectivity index is 2.04. The van der Waals surface area contributed by atoms with Crippen LogP contribution in [0.3, 0.4) is 0 Å². The molecule has 0 fully saturated rings. The number of hydrogen-bond donors (Lipinski definition) is 2. The number of rotatable bonds is 8. The number of aromatic carboxylic acids is 1. The zero-order chi connectivity index (χ0) is 19.1. The molecule has 0 bridgehead atoms. The fourth-order valence-electron chi connectivity index (χ4n) is 2.44. The van der Waals surface area contributed by atoms with E-state index in [-0.39, 0.29) is 11.5 Å². The van der Waals surface area contributed by atoms with Crippen molar-refractivity contribution in [1.29, 1.82) is 0 Å². The average molecular weight is 359 g/mol. The van der Waals surface area contributed by atoms with Crippen LogP contribution in [0.15, 0.2) is 36.4 Å². The minimum Gasteiger partial charge on any atom is -0.496 e. The highest BCUT2D eigenvalue weighted by atomic mass is 16.5. The molecular formula is C19H21NO6. The van der Waals surface area contributed by atoms with Crippen LogP contribution in [0, 0.1) is 0 Å². The van der Waals surface area contributed by atoms with Crippen LogP contribution in [0.1, 0.15) is 26.3 Å². The van der Waals surface area contributed by atoms with Crippen molar-refractivity contribution in [2.45, 2.75) is 6.42 Å². The maximum atomic E-state index is 12.5. The van der Waals surface area contributed by atoms with Gasteiger partial charge in [-0.2, -0.15) is 0 Å². The third-order valence-electron chi connectivity index (χ3n) is 3.85. The lowest BCUT2D eigenvalue weighted by Gasteiger charge is -2.14. The van der Waals surface area contributed by atoms with Crippen LogP contribution >= 0.6 is 0 Å². The van der Waals surface area contributed by atoms with Crippen LogP contribution in [-0.4, -0.2) is 44.9 Å². The van der Waals surface area contributed by atoms with Crippen LogP contribution in [0.4, 0.5) is 0 Å². The number of nitrogens with one attached hydrogen (secondary N) is 1. The van der Waals surface area contributed by atoms with Crippen LogP contribution in [0.2, 0.25) is 0 Å². The smallest absolute Gasteiger partial charge is 0.335 e. The first-order chi connectivity index (χ1) is 12.5. The summed E-state index contributed by atoms with van der Waals surface area (Å²) in [5.74, 6) is 0.0171. The summed E-state index contributed by atoms with van der Waals surface area (Å²) >= 11 is 0. The van der Waals surface area contributed by atoms with E-state index in [1.165, 1.54) is 33.5 Å². The molecule has 0 aliphatic rings. The maximum absolute atomic E-state index is 12.5. The van der Waals surface area contributed by atoms with Crippen LogP contribution < -0.4 is 19.5 Å². The topological polar surface area (TPSA) is 94.1 Å². The number of amides is 1. The molecule has 0 aliphatic carbocycles. The van der Waals surface area contributed by atoms with Gasteiger partial charge in [-0.15, -0.1) is 0 Å². The number of ether oxygens (including phenoxy) is 3. The fourth-order valence-corrected chi connectivity index (χ4v) is 2.44. The number of benzene rings is 2. The minimum atomic E-state index is -0.967. The molecule has 0 aliphatic heterocycles. The van der Waals surface area contributed by atoms with Gasteiger partial charge < -0.3 is 24.6 Å². The SMILES string of the molecule is COc1cc(OC)c(C(=O)NCCc2ccc(C(=O)O)cc2)cc1OC.